The smallest absolute Gasteiger partial charge is 0.340 e. The van der Waals surface area contributed by atoms with Gasteiger partial charge >= 0.3 is 11.9 Å². The molecule has 4 aromatic carbocycles. The molecule has 0 aromatic heterocycles. The summed E-state index contributed by atoms with van der Waals surface area (Å²) in [5.74, 6) is -0.451. The standard InChI is InChI=1S/C38H36N4O4/c1-5-18-32-33(37(44)46-4)38(34(27(2)36(43)45-3)40(32)29-21-12-7-13-22-29)41(30-23-14-8-15-24-30)35(28-19-10-6-11-20-28)39-42(38)31-25-16-9-17-26-31/h6-17,19-26H,5,18H2,1-4H3/b34-27+. The second-order valence-corrected chi connectivity index (χ2v) is 11.0. The number of anilines is 3. The molecule has 0 saturated carbocycles. The molecule has 0 fully saturated rings. The maximum absolute atomic E-state index is 14.5. The SMILES string of the molecule is CCCC1=C(C(=O)OC)C2(/C(=C(/C)C(=O)OC)N1c1ccccc1)N(c1ccccc1)N=C(c1ccccc1)N2c1ccccc1. The molecule has 0 amide bonds. The first-order valence-electron chi connectivity index (χ1n) is 15.3. The molecule has 0 bridgehead atoms. The summed E-state index contributed by atoms with van der Waals surface area (Å²) in [6.07, 6.45) is 1.24. The molecule has 0 aliphatic carbocycles. The van der Waals surface area contributed by atoms with Crippen LogP contribution in [-0.4, -0.2) is 37.7 Å². The summed E-state index contributed by atoms with van der Waals surface area (Å²) in [6, 6.07) is 39.1. The molecule has 6 rings (SSSR count). The number of esters is 2. The summed E-state index contributed by atoms with van der Waals surface area (Å²) in [6.45, 7) is 3.81. The van der Waals surface area contributed by atoms with Gasteiger partial charge in [0.05, 0.1) is 31.2 Å². The Kier molecular flexibility index (Phi) is 8.44. The van der Waals surface area contributed by atoms with Crippen LogP contribution in [0.5, 0.6) is 0 Å². The highest BCUT2D eigenvalue weighted by atomic mass is 16.5. The van der Waals surface area contributed by atoms with Gasteiger partial charge in [-0.25, -0.2) is 14.6 Å². The summed E-state index contributed by atoms with van der Waals surface area (Å²) >= 11 is 0. The molecule has 0 saturated heterocycles. The number of para-hydroxylation sites is 3. The molecule has 2 aliphatic heterocycles. The van der Waals surface area contributed by atoms with Gasteiger partial charge in [-0.2, -0.15) is 5.10 Å². The number of amidine groups is 1. The molecule has 1 atom stereocenters. The Labute approximate surface area is 269 Å². The fourth-order valence-electron chi connectivity index (χ4n) is 6.46. The van der Waals surface area contributed by atoms with Crippen LogP contribution in [0.4, 0.5) is 17.1 Å². The van der Waals surface area contributed by atoms with E-state index in [1.165, 1.54) is 14.2 Å². The van der Waals surface area contributed by atoms with Gasteiger partial charge in [0.15, 0.2) is 5.84 Å². The molecular weight excluding hydrogens is 576 g/mol. The van der Waals surface area contributed by atoms with Gasteiger partial charge in [0.2, 0.25) is 5.66 Å². The molecule has 4 aromatic rings. The average Bonchev–Trinajstić information content (AvgIpc) is 3.61. The highest BCUT2D eigenvalue weighted by molar-refractivity contribution is 6.18. The third kappa shape index (κ3) is 4.83. The Morgan fingerprint density at radius 2 is 1.24 bits per heavy atom. The van der Waals surface area contributed by atoms with E-state index >= 15 is 0 Å². The van der Waals surface area contributed by atoms with Crippen molar-refractivity contribution in [1.29, 1.82) is 0 Å². The molecule has 232 valence electrons. The molecule has 0 N–H and O–H groups in total. The number of carbonyl (C=O) groups excluding carboxylic acids is 2. The van der Waals surface area contributed by atoms with E-state index in [0.717, 1.165) is 29.0 Å². The van der Waals surface area contributed by atoms with Gasteiger partial charge in [-0.1, -0.05) is 98.3 Å². The molecular formula is C38H36N4O4. The molecule has 46 heavy (non-hydrogen) atoms. The van der Waals surface area contributed by atoms with Gasteiger partial charge in [-0.15, -0.1) is 0 Å². The highest BCUT2D eigenvalue weighted by Gasteiger charge is 2.65. The number of nitrogens with zero attached hydrogens (tertiary/aromatic N) is 4. The molecule has 1 spiro atoms. The van der Waals surface area contributed by atoms with Crippen molar-refractivity contribution in [3.05, 3.63) is 149 Å². The van der Waals surface area contributed by atoms with Gasteiger partial charge in [0.25, 0.3) is 0 Å². The predicted octanol–water partition coefficient (Wildman–Crippen LogP) is 7.27. The van der Waals surface area contributed by atoms with Gasteiger partial charge in [-0.05, 0) is 49.7 Å². The Hall–Kier alpha value is -5.63. The van der Waals surface area contributed by atoms with E-state index in [0.29, 0.717) is 34.8 Å². The number of methoxy groups -OCH3 is 2. The number of hydrogen-bond donors (Lipinski definition) is 0. The fourth-order valence-corrected chi connectivity index (χ4v) is 6.46. The minimum Gasteiger partial charge on any atom is -0.466 e. The molecule has 2 aliphatic rings. The van der Waals surface area contributed by atoms with E-state index in [1.807, 2.05) is 131 Å². The highest BCUT2D eigenvalue weighted by Crippen LogP contribution is 2.56. The maximum atomic E-state index is 14.5. The van der Waals surface area contributed by atoms with E-state index in [9.17, 15) is 9.59 Å². The van der Waals surface area contributed by atoms with Crippen LogP contribution in [0, 0.1) is 0 Å². The molecule has 2 heterocycles. The van der Waals surface area contributed by atoms with Crippen molar-refractivity contribution in [3.8, 4) is 0 Å². The number of ether oxygens (including phenoxy) is 2. The minimum atomic E-state index is -1.51. The topological polar surface area (TPSA) is 74.7 Å². The van der Waals surface area contributed by atoms with E-state index in [-0.39, 0.29) is 0 Å². The number of allylic oxidation sites excluding steroid dienone is 1. The first kappa shape index (κ1) is 30.4. The quantitative estimate of drug-likeness (QED) is 0.153. The van der Waals surface area contributed by atoms with E-state index in [1.54, 1.807) is 6.92 Å². The first-order valence-corrected chi connectivity index (χ1v) is 15.3. The maximum Gasteiger partial charge on any atom is 0.340 e. The van der Waals surface area contributed by atoms with Crippen LogP contribution in [0.2, 0.25) is 0 Å². The Morgan fingerprint density at radius 1 is 0.717 bits per heavy atom. The summed E-state index contributed by atoms with van der Waals surface area (Å²) in [5.41, 5.74) is 3.52. The third-order valence-corrected chi connectivity index (χ3v) is 8.28. The normalized spacial score (nSPS) is 18.6. The number of benzene rings is 4. The molecule has 8 heteroatoms. The van der Waals surface area contributed by atoms with Crippen LogP contribution in [0.15, 0.2) is 149 Å². The van der Waals surface area contributed by atoms with Crippen molar-refractivity contribution >= 4 is 34.8 Å². The Balaban J connectivity index is 1.85. The van der Waals surface area contributed by atoms with E-state index < -0.39 is 17.6 Å². The lowest BCUT2D eigenvalue weighted by Crippen LogP contribution is -2.61. The van der Waals surface area contributed by atoms with Gasteiger partial charge < -0.3 is 14.4 Å². The summed E-state index contributed by atoms with van der Waals surface area (Å²) in [7, 11) is 2.76. The number of hydrazone groups is 1. The van der Waals surface area contributed by atoms with Gasteiger partial charge in [0, 0.05) is 22.6 Å². The monoisotopic (exact) mass is 612 g/mol. The van der Waals surface area contributed by atoms with Crippen LogP contribution in [0.1, 0.15) is 32.3 Å². The molecule has 0 radical (unpaired) electrons. The lowest BCUT2D eigenvalue weighted by atomic mass is 9.90. The van der Waals surface area contributed by atoms with Gasteiger partial charge in [-0.3, -0.25) is 4.90 Å². The second kappa shape index (κ2) is 12.8. The van der Waals surface area contributed by atoms with Crippen LogP contribution in [0.3, 0.4) is 0 Å². The zero-order valence-corrected chi connectivity index (χ0v) is 26.4. The summed E-state index contributed by atoms with van der Waals surface area (Å²) in [5, 5.41) is 7.21. The minimum absolute atomic E-state index is 0.324. The summed E-state index contributed by atoms with van der Waals surface area (Å²) < 4.78 is 11.0. The fraction of sp³-hybridized carbons (Fsp3) is 0.184. The van der Waals surface area contributed by atoms with Crippen molar-refractivity contribution in [1.82, 2.24) is 0 Å². The number of rotatable bonds is 8. The zero-order valence-electron chi connectivity index (χ0n) is 26.4. The van der Waals surface area contributed by atoms with Crippen molar-refractivity contribution in [2.24, 2.45) is 5.10 Å². The Bertz CT molecular complexity index is 1820. The molecule has 1 unspecified atom stereocenters. The molecule has 8 nitrogen and oxygen atoms in total. The average molecular weight is 613 g/mol. The van der Waals surface area contributed by atoms with Crippen molar-refractivity contribution in [2.45, 2.75) is 32.4 Å². The summed E-state index contributed by atoms with van der Waals surface area (Å²) in [4.78, 5) is 32.3. The van der Waals surface area contributed by atoms with Crippen molar-refractivity contribution in [2.75, 3.05) is 29.0 Å². The first-order chi connectivity index (χ1) is 22.5. The van der Waals surface area contributed by atoms with Crippen molar-refractivity contribution < 1.29 is 19.1 Å². The lowest BCUT2D eigenvalue weighted by Gasteiger charge is -2.45. The van der Waals surface area contributed by atoms with E-state index in [4.69, 9.17) is 14.6 Å². The van der Waals surface area contributed by atoms with Crippen molar-refractivity contribution in [3.63, 3.8) is 0 Å². The number of hydrogen-bond acceptors (Lipinski definition) is 8. The van der Waals surface area contributed by atoms with Crippen LogP contribution in [0.25, 0.3) is 0 Å². The van der Waals surface area contributed by atoms with Crippen LogP contribution < -0.4 is 14.8 Å². The van der Waals surface area contributed by atoms with Crippen LogP contribution in [-0.2, 0) is 19.1 Å². The Morgan fingerprint density at radius 3 is 1.76 bits per heavy atom. The third-order valence-electron chi connectivity index (χ3n) is 8.28. The zero-order chi connectivity index (χ0) is 32.3. The predicted molar refractivity (Wildman–Crippen MR) is 181 cm³/mol. The van der Waals surface area contributed by atoms with Crippen LogP contribution >= 0.6 is 0 Å². The van der Waals surface area contributed by atoms with Gasteiger partial charge in [0.1, 0.15) is 5.57 Å². The number of carbonyl (C=O) groups is 2. The van der Waals surface area contributed by atoms with E-state index in [2.05, 4.69) is 11.8 Å². The lowest BCUT2D eigenvalue weighted by molar-refractivity contribution is -0.137. The largest absolute Gasteiger partial charge is 0.466 e. The second-order valence-electron chi connectivity index (χ2n) is 11.0.